The van der Waals surface area contributed by atoms with Crippen LogP contribution < -0.4 is 10.6 Å². The van der Waals surface area contributed by atoms with Gasteiger partial charge in [0.1, 0.15) is 0 Å². The minimum absolute atomic E-state index is 0.0682. The summed E-state index contributed by atoms with van der Waals surface area (Å²) in [5.41, 5.74) is 1.96. The molecule has 1 rings (SSSR count). The molecule has 0 saturated heterocycles. The molecule has 0 radical (unpaired) electrons. The third kappa shape index (κ3) is 5.85. The van der Waals surface area contributed by atoms with Crippen LogP contribution in [0, 0.1) is 6.92 Å². The second kappa shape index (κ2) is 7.26. The van der Waals surface area contributed by atoms with Gasteiger partial charge < -0.3 is 15.7 Å². The molecule has 3 unspecified atom stereocenters. The number of rotatable bonds is 6. The lowest BCUT2D eigenvalue weighted by atomic mass is 10.1. The summed E-state index contributed by atoms with van der Waals surface area (Å²) in [4.78, 5) is 12.0. The number of anilines is 1. The summed E-state index contributed by atoms with van der Waals surface area (Å²) in [5, 5.41) is 15.3. The van der Waals surface area contributed by atoms with E-state index < -0.39 is 0 Å². The molecule has 4 heteroatoms. The molecule has 19 heavy (non-hydrogen) atoms. The van der Waals surface area contributed by atoms with Gasteiger partial charge in [-0.3, -0.25) is 4.79 Å². The van der Waals surface area contributed by atoms with Crippen LogP contribution in [0.25, 0.3) is 0 Å². The number of aryl methyl sites for hydroxylation is 1. The van der Waals surface area contributed by atoms with Crippen LogP contribution in [-0.4, -0.2) is 29.2 Å². The molecule has 0 spiro atoms. The average Bonchev–Trinajstić information content (AvgIpc) is 2.30. The fourth-order valence-electron chi connectivity index (χ4n) is 1.97. The van der Waals surface area contributed by atoms with E-state index in [0.717, 1.165) is 11.3 Å². The standard InChI is InChI=1S/C15H24N2O2/c1-10-5-7-14(8-6-10)17-15(19)13(4)16-11(2)9-12(3)18/h5-8,11-13,16,18H,9H2,1-4H3,(H,17,19). The molecule has 1 aromatic rings. The van der Waals surface area contributed by atoms with Gasteiger partial charge in [0.2, 0.25) is 5.91 Å². The van der Waals surface area contributed by atoms with Gasteiger partial charge in [0.05, 0.1) is 12.1 Å². The molecule has 0 heterocycles. The van der Waals surface area contributed by atoms with Gasteiger partial charge in [-0.05, 0) is 46.2 Å². The van der Waals surface area contributed by atoms with Crippen LogP contribution in [0.3, 0.4) is 0 Å². The van der Waals surface area contributed by atoms with Crippen molar-refractivity contribution in [1.82, 2.24) is 5.32 Å². The van der Waals surface area contributed by atoms with Crippen molar-refractivity contribution in [2.24, 2.45) is 0 Å². The zero-order valence-corrected chi connectivity index (χ0v) is 12.1. The summed E-state index contributed by atoms with van der Waals surface area (Å²) >= 11 is 0. The number of aliphatic hydroxyl groups excluding tert-OH is 1. The second-order valence-electron chi connectivity index (χ2n) is 5.23. The van der Waals surface area contributed by atoms with Crippen LogP contribution in [0.5, 0.6) is 0 Å². The van der Waals surface area contributed by atoms with Gasteiger partial charge >= 0.3 is 0 Å². The van der Waals surface area contributed by atoms with Crippen molar-refractivity contribution in [2.75, 3.05) is 5.32 Å². The summed E-state index contributed by atoms with van der Waals surface area (Å²) in [6.07, 6.45) is 0.261. The van der Waals surface area contributed by atoms with E-state index in [1.807, 2.05) is 45.0 Å². The number of benzene rings is 1. The number of nitrogens with one attached hydrogen (secondary N) is 2. The van der Waals surface area contributed by atoms with E-state index in [2.05, 4.69) is 10.6 Å². The zero-order chi connectivity index (χ0) is 14.4. The van der Waals surface area contributed by atoms with Crippen molar-refractivity contribution in [3.8, 4) is 0 Å². The Morgan fingerprint density at radius 2 is 1.79 bits per heavy atom. The van der Waals surface area contributed by atoms with Gasteiger partial charge in [-0.25, -0.2) is 0 Å². The first-order valence-electron chi connectivity index (χ1n) is 6.70. The van der Waals surface area contributed by atoms with Crippen LogP contribution in [0.15, 0.2) is 24.3 Å². The molecule has 3 atom stereocenters. The monoisotopic (exact) mass is 264 g/mol. The smallest absolute Gasteiger partial charge is 0.241 e. The van der Waals surface area contributed by atoms with Crippen LogP contribution in [0.1, 0.15) is 32.8 Å². The summed E-state index contributed by atoms with van der Waals surface area (Å²) in [5.74, 6) is -0.0682. The quantitative estimate of drug-likeness (QED) is 0.737. The van der Waals surface area contributed by atoms with Crippen molar-refractivity contribution in [3.63, 3.8) is 0 Å². The van der Waals surface area contributed by atoms with E-state index in [4.69, 9.17) is 0 Å². The molecule has 0 aliphatic heterocycles. The molecule has 0 aliphatic carbocycles. The first kappa shape index (κ1) is 15.7. The molecule has 0 fully saturated rings. The Kier molecular flexibility index (Phi) is 5.99. The second-order valence-corrected chi connectivity index (χ2v) is 5.23. The lowest BCUT2D eigenvalue weighted by molar-refractivity contribution is -0.118. The Bertz CT molecular complexity index is 401. The highest BCUT2D eigenvalue weighted by Crippen LogP contribution is 2.09. The molecule has 1 aromatic carbocycles. The van der Waals surface area contributed by atoms with E-state index >= 15 is 0 Å². The fraction of sp³-hybridized carbons (Fsp3) is 0.533. The molecule has 106 valence electrons. The van der Waals surface area contributed by atoms with E-state index in [-0.39, 0.29) is 24.1 Å². The minimum Gasteiger partial charge on any atom is -0.393 e. The first-order valence-corrected chi connectivity index (χ1v) is 6.70. The maximum atomic E-state index is 12.0. The molecular formula is C15H24N2O2. The molecule has 0 aromatic heterocycles. The largest absolute Gasteiger partial charge is 0.393 e. The number of aliphatic hydroxyl groups is 1. The third-order valence-electron chi connectivity index (χ3n) is 2.94. The zero-order valence-electron chi connectivity index (χ0n) is 12.1. The van der Waals surface area contributed by atoms with Crippen molar-refractivity contribution in [2.45, 2.75) is 52.3 Å². The Morgan fingerprint density at radius 1 is 1.21 bits per heavy atom. The number of carbonyl (C=O) groups is 1. The Morgan fingerprint density at radius 3 is 2.32 bits per heavy atom. The van der Waals surface area contributed by atoms with Crippen LogP contribution >= 0.6 is 0 Å². The van der Waals surface area contributed by atoms with Gasteiger partial charge in [0.15, 0.2) is 0 Å². The van der Waals surface area contributed by atoms with Crippen molar-refractivity contribution >= 4 is 11.6 Å². The normalized spacial score (nSPS) is 15.6. The summed E-state index contributed by atoms with van der Waals surface area (Å²) in [6.45, 7) is 7.53. The Labute approximate surface area is 115 Å². The third-order valence-corrected chi connectivity index (χ3v) is 2.94. The maximum Gasteiger partial charge on any atom is 0.241 e. The Hall–Kier alpha value is -1.39. The van der Waals surface area contributed by atoms with E-state index in [1.165, 1.54) is 0 Å². The highest BCUT2D eigenvalue weighted by atomic mass is 16.3. The maximum absolute atomic E-state index is 12.0. The Balaban J connectivity index is 2.46. The van der Waals surface area contributed by atoms with E-state index in [9.17, 15) is 9.90 Å². The summed E-state index contributed by atoms with van der Waals surface area (Å²) in [6, 6.07) is 7.50. The highest BCUT2D eigenvalue weighted by Gasteiger charge is 2.16. The van der Waals surface area contributed by atoms with Gasteiger partial charge in [-0.2, -0.15) is 0 Å². The molecule has 0 aliphatic rings. The van der Waals surface area contributed by atoms with E-state index in [0.29, 0.717) is 6.42 Å². The summed E-state index contributed by atoms with van der Waals surface area (Å²) in [7, 11) is 0. The van der Waals surface area contributed by atoms with Crippen LogP contribution in [0.4, 0.5) is 5.69 Å². The average molecular weight is 264 g/mol. The fourth-order valence-corrected chi connectivity index (χ4v) is 1.97. The van der Waals surface area contributed by atoms with Gasteiger partial charge in [0, 0.05) is 11.7 Å². The van der Waals surface area contributed by atoms with Crippen LogP contribution in [-0.2, 0) is 4.79 Å². The minimum atomic E-state index is -0.366. The number of carbonyl (C=O) groups excluding carboxylic acids is 1. The summed E-state index contributed by atoms with van der Waals surface area (Å²) < 4.78 is 0. The SMILES string of the molecule is Cc1ccc(NC(=O)C(C)NC(C)CC(C)O)cc1. The lowest BCUT2D eigenvalue weighted by Gasteiger charge is -2.20. The number of hydrogen-bond donors (Lipinski definition) is 3. The van der Waals surface area contributed by atoms with E-state index in [1.54, 1.807) is 6.92 Å². The van der Waals surface area contributed by atoms with Crippen molar-refractivity contribution in [1.29, 1.82) is 0 Å². The molecule has 0 saturated carbocycles. The first-order chi connectivity index (χ1) is 8.88. The van der Waals surface area contributed by atoms with Crippen molar-refractivity contribution in [3.05, 3.63) is 29.8 Å². The molecular weight excluding hydrogens is 240 g/mol. The predicted molar refractivity (Wildman–Crippen MR) is 78.2 cm³/mol. The van der Waals surface area contributed by atoms with Gasteiger partial charge in [0.25, 0.3) is 0 Å². The number of amides is 1. The van der Waals surface area contributed by atoms with Crippen LogP contribution in [0.2, 0.25) is 0 Å². The molecule has 4 nitrogen and oxygen atoms in total. The highest BCUT2D eigenvalue weighted by molar-refractivity contribution is 5.94. The molecule has 1 amide bonds. The lowest BCUT2D eigenvalue weighted by Crippen LogP contribution is -2.43. The van der Waals surface area contributed by atoms with Gasteiger partial charge in [-0.15, -0.1) is 0 Å². The number of hydrogen-bond acceptors (Lipinski definition) is 3. The predicted octanol–water partition coefficient (Wildman–Crippen LogP) is 2.07. The molecule has 3 N–H and O–H groups in total. The van der Waals surface area contributed by atoms with Crippen molar-refractivity contribution < 1.29 is 9.90 Å². The topological polar surface area (TPSA) is 61.4 Å². The van der Waals surface area contributed by atoms with Gasteiger partial charge in [-0.1, -0.05) is 17.7 Å². The molecule has 0 bridgehead atoms.